The minimum atomic E-state index is 0.0329. The second-order valence-corrected chi connectivity index (χ2v) is 5.33. The van der Waals surface area contributed by atoms with Crippen LogP contribution in [0.3, 0.4) is 0 Å². The number of aromatic nitrogens is 1. The normalized spacial score (nSPS) is 10.7. The van der Waals surface area contributed by atoms with E-state index in [2.05, 4.69) is 0 Å². The molecular weight excluding hydrogens is 242 g/mol. The topological polar surface area (TPSA) is 20.9 Å². The van der Waals surface area contributed by atoms with Gasteiger partial charge in [-0.1, -0.05) is 41.7 Å². The largest absolute Gasteiger partial charge is 0.426 e. The van der Waals surface area contributed by atoms with Crippen molar-refractivity contribution in [3.63, 3.8) is 0 Å². The summed E-state index contributed by atoms with van der Waals surface area (Å²) in [6.45, 7) is 1.98. The van der Waals surface area contributed by atoms with Crippen LogP contribution < -0.4 is 4.57 Å². The van der Waals surface area contributed by atoms with Gasteiger partial charge in [-0.05, 0) is 18.2 Å². The molecular formula is C15H12NOS+. The molecule has 0 aliphatic carbocycles. The summed E-state index contributed by atoms with van der Waals surface area (Å²) in [4.78, 5) is 12.5. The van der Waals surface area contributed by atoms with Crippen molar-refractivity contribution in [3.05, 3.63) is 65.2 Å². The molecule has 0 saturated carbocycles. The number of thiazole rings is 1. The number of carbonyl (C=O) groups excluding carboxylic acids is 1. The molecule has 3 rings (SSSR count). The van der Waals surface area contributed by atoms with Gasteiger partial charge in [0.25, 0.3) is 0 Å². The second-order valence-electron chi connectivity index (χ2n) is 4.10. The lowest BCUT2D eigenvalue weighted by atomic mass is 10.2. The molecule has 0 N–H and O–H groups in total. The van der Waals surface area contributed by atoms with Gasteiger partial charge in [-0.2, -0.15) is 0 Å². The standard InChI is InChI=1S/C15H12NOS/c1-11-16(13-9-5-6-10-14(13)18-11)15(17)12-7-3-2-4-8-12/h2-10H,1H3/q+1. The van der Waals surface area contributed by atoms with Gasteiger partial charge < -0.3 is 0 Å². The highest BCUT2D eigenvalue weighted by Crippen LogP contribution is 2.19. The fourth-order valence-corrected chi connectivity index (χ4v) is 3.07. The number of para-hydroxylation sites is 1. The molecule has 1 aromatic heterocycles. The van der Waals surface area contributed by atoms with E-state index >= 15 is 0 Å². The Morgan fingerprint density at radius 2 is 1.67 bits per heavy atom. The minimum absolute atomic E-state index is 0.0329. The summed E-state index contributed by atoms with van der Waals surface area (Å²) in [6.07, 6.45) is 0. The van der Waals surface area contributed by atoms with Gasteiger partial charge in [0, 0.05) is 13.0 Å². The summed E-state index contributed by atoms with van der Waals surface area (Å²) in [5.74, 6) is 0.0329. The van der Waals surface area contributed by atoms with Crippen LogP contribution >= 0.6 is 11.3 Å². The van der Waals surface area contributed by atoms with Gasteiger partial charge >= 0.3 is 5.91 Å². The van der Waals surface area contributed by atoms with Gasteiger partial charge in [-0.25, -0.2) is 4.79 Å². The lowest BCUT2D eigenvalue weighted by Crippen LogP contribution is -2.44. The molecule has 2 nitrogen and oxygen atoms in total. The van der Waals surface area contributed by atoms with Crippen molar-refractivity contribution in [2.45, 2.75) is 6.92 Å². The molecule has 0 atom stereocenters. The number of fused-ring (bicyclic) bond motifs is 1. The van der Waals surface area contributed by atoms with Crippen molar-refractivity contribution in [2.75, 3.05) is 0 Å². The van der Waals surface area contributed by atoms with Gasteiger partial charge in [-0.15, -0.1) is 4.57 Å². The van der Waals surface area contributed by atoms with Crippen LogP contribution in [0.4, 0.5) is 0 Å². The fraction of sp³-hybridized carbons (Fsp3) is 0.0667. The monoisotopic (exact) mass is 254 g/mol. The third kappa shape index (κ3) is 1.73. The molecule has 0 saturated heterocycles. The first kappa shape index (κ1) is 11.1. The molecule has 3 aromatic rings. The Balaban J connectivity index is 2.21. The zero-order chi connectivity index (χ0) is 12.5. The zero-order valence-electron chi connectivity index (χ0n) is 9.96. The minimum Gasteiger partial charge on any atom is -0.214 e. The molecule has 18 heavy (non-hydrogen) atoms. The first-order valence-corrected chi connectivity index (χ1v) is 6.59. The smallest absolute Gasteiger partial charge is 0.214 e. The maximum atomic E-state index is 12.5. The number of benzene rings is 2. The lowest BCUT2D eigenvalue weighted by molar-refractivity contribution is -0.544. The number of rotatable bonds is 1. The van der Waals surface area contributed by atoms with Crippen molar-refractivity contribution in [1.29, 1.82) is 0 Å². The van der Waals surface area contributed by atoms with E-state index in [4.69, 9.17) is 0 Å². The Morgan fingerprint density at radius 3 is 2.44 bits per heavy atom. The molecule has 0 fully saturated rings. The second kappa shape index (κ2) is 4.35. The van der Waals surface area contributed by atoms with Crippen LogP contribution in [0.15, 0.2) is 54.6 Å². The molecule has 0 amide bonds. The van der Waals surface area contributed by atoms with Gasteiger partial charge in [0.2, 0.25) is 10.5 Å². The SMILES string of the molecule is Cc1sc2ccccc2[n+]1C(=O)c1ccccc1. The Hall–Kier alpha value is -2.00. The third-order valence-corrected chi connectivity index (χ3v) is 3.95. The van der Waals surface area contributed by atoms with Crippen LogP contribution in [0.2, 0.25) is 0 Å². The average Bonchev–Trinajstić information content (AvgIpc) is 2.75. The molecule has 0 radical (unpaired) electrons. The van der Waals surface area contributed by atoms with Gasteiger partial charge in [0.05, 0.1) is 5.56 Å². The van der Waals surface area contributed by atoms with E-state index in [0.29, 0.717) is 5.56 Å². The van der Waals surface area contributed by atoms with Crippen LogP contribution in [-0.4, -0.2) is 5.91 Å². The van der Waals surface area contributed by atoms with Crippen LogP contribution in [0.5, 0.6) is 0 Å². The molecule has 0 aliphatic heterocycles. The van der Waals surface area contributed by atoms with E-state index in [-0.39, 0.29) is 5.91 Å². The molecule has 2 aromatic carbocycles. The first-order valence-electron chi connectivity index (χ1n) is 5.77. The van der Waals surface area contributed by atoms with Crippen LogP contribution in [-0.2, 0) is 0 Å². The fourth-order valence-electron chi connectivity index (χ4n) is 2.06. The number of carbonyl (C=O) groups is 1. The van der Waals surface area contributed by atoms with Crippen molar-refractivity contribution < 1.29 is 9.36 Å². The molecule has 3 heteroatoms. The highest BCUT2D eigenvalue weighted by molar-refractivity contribution is 7.18. The summed E-state index contributed by atoms with van der Waals surface area (Å²) in [5, 5.41) is 1.00. The molecule has 0 spiro atoms. The number of hydrogen-bond acceptors (Lipinski definition) is 2. The highest BCUT2D eigenvalue weighted by atomic mass is 32.1. The van der Waals surface area contributed by atoms with Gasteiger partial charge in [-0.3, -0.25) is 0 Å². The number of hydrogen-bond donors (Lipinski definition) is 0. The molecule has 1 heterocycles. The molecule has 0 unspecified atom stereocenters. The lowest BCUT2D eigenvalue weighted by Gasteiger charge is -1.94. The van der Waals surface area contributed by atoms with E-state index in [9.17, 15) is 4.79 Å². The maximum Gasteiger partial charge on any atom is 0.426 e. The number of nitrogens with zero attached hydrogens (tertiary/aromatic N) is 1. The van der Waals surface area contributed by atoms with Crippen molar-refractivity contribution in [3.8, 4) is 0 Å². The summed E-state index contributed by atoms with van der Waals surface area (Å²) in [6, 6.07) is 17.4. The van der Waals surface area contributed by atoms with E-state index in [1.54, 1.807) is 15.9 Å². The summed E-state index contributed by atoms with van der Waals surface area (Å²) in [5.41, 5.74) is 1.70. The van der Waals surface area contributed by atoms with E-state index < -0.39 is 0 Å². The van der Waals surface area contributed by atoms with Crippen molar-refractivity contribution >= 4 is 27.5 Å². The average molecular weight is 254 g/mol. The zero-order valence-corrected chi connectivity index (χ0v) is 10.8. The summed E-state index contributed by atoms with van der Waals surface area (Å²) in [7, 11) is 0. The number of aryl methyl sites for hydroxylation is 1. The third-order valence-electron chi connectivity index (χ3n) is 2.90. The predicted molar refractivity (Wildman–Crippen MR) is 72.9 cm³/mol. The molecule has 88 valence electrons. The summed E-state index contributed by atoms with van der Waals surface area (Å²) < 4.78 is 2.93. The quantitative estimate of drug-likeness (QED) is 0.611. The van der Waals surface area contributed by atoms with Crippen LogP contribution in [0, 0.1) is 6.92 Å². The van der Waals surface area contributed by atoms with E-state index in [1.165, 1.54) is 0 Å². The van der Waals surface area contributed by atoms with E-state index in [1.807, 2.05) is 61.5 Å². The molecule has 0 bridgehead atoms. The Kier molecular flexibility index (Phi) is 2.68. The van der Waals surface area contributed by atoms with E-state index in [0.717, 1.165) is 15.2 Å². The van der Waals surface area contributed by atoms with Crippen LogP contribution in [0.25, 0.3) is 10.2 Å². The van der Waals surface area contributed by atoms with Crippen LogP contribution in [0.1, 0.15) is 15.4 Å². The molecule has 0 aliphatic rings. The van der Waals surface area contributed by atoms with Gasteiger partial charge in [0.15, 0.2) is 0 Å². The Bertz CT molecular complexity index is 716. The van der Waals surface area contributed by atoms with Gasteiger partial charge in [0.1, 0.15) is 4.70 Å². The summed E-state index contributed by atoms with van der Waals surface area (Å²) >= 11 is 1.64. The Morgan fingerprint density at radius 1 is 1.00 bits per heavy atom. The predicted octanol–water partition coefficient (Wildman–Crippen LogP) is 3.19. The Labute approximate surface area is 109 Å². The first-order chi connectivity index (χ1) is 8.77. The highest BCUT2D eigenvalue weighted by Gasteiger charge is 2.25. The maximum absolute atomic E-state index is 12.5. The van der Waals surface area contributed by atoms with Crippen molar-refractivity contribution in [2.24, 2.45) is 0 Å². The van der Waals surface area contributed by atoms with Crippen molar-refractivity contribution in [1.82, 2.24) is 0 Å².